The van der Waals surface area contributed by atoms with Crippen LogP contribution in [0, 0.1) is 0 Å². The van der Waals surface area contributed by atoms with E-state index in [1.54, 1.807) is 42.7 Å². The van der Waals surface area contributed by atoms with Gasteiger partial charge in [-0.25, -0.2) is 0 Å². The molecular weight excluding hydrogens is 258 g/mol. The molecular formula is C14H11N3O3. The Labute approximate surface area is 114 Å². The van der Waals surface area contributed by atoms with Crippen LogP contribution >= 0.6 is 0 Å². The maximum Gasteiger partial charge on any atom is 0.262 e. The van der Waals surface area contributed by atoms with Gasteiger partial charge in [-0.1, -0.05) is 0 Å². The predicted octanol–water partition coefficient (Wildman–Crippen LogP) is 1.66. The van der Waals surface area contributed by atoms with Gasteiger partial charge in [-0.3, -0.25) is 14.6 Å². The van der Waals surface area contributed by atoms with Gasteiger partial charge in [0, 0.05) is 23.6 Å². The van der Waals surface area contributed by atoms with E-state index in [2.05, 4.69) is 15.6 Å². The molecule has 0 saturated heterocycles. The first-order valence-corrected chi connectivity index (χ1v) is 6.00. The second-order valence-electron chi connectivity index (χ2n) is 4.24. The Kier molecular flexibility index (Phi) is 3.04. The van der Waals surface area contributed by atoms with Crippen LogP contribution in [-0.2, 0) is 4.79 Å². The molecule has 0 bridgehead atoms. The maximum absolute atomic E-state index is 12.0. The third kappa shape index (κ3) is 2.44. The van der Waals surface area contributed by atoms with Crippen LogP contribution in [0.15, 0.2) is 42.7 Å². The monoisotopic (exact) mass is 269 g/mol. The fourth-order valence-electron chi connectivity index (χ4n) is 1.87. The quantitative estimate of drug-likeness (QED) is 0.869. The van der Waals surface area contributed by atoms with Crippen LogP contribution in [0.25, 0.3) is 0 Å². The number of hydrogen-bond acceptors (Lipinski definition) is 4. The van der Waals surface area contributed by atoms with E-state index in [9.17, 15) is 9.59 Å². The number of carbonyl (C=O) groups excluding carboxylic acids is 2. The van der Waals surface area contributed by atoms with Gasteiger partial charge in [-0.05, 0) is 30.3 Å². The number of hydrogen-bond donors (Lipinski definition) is 2. The van der Waals surface area contributed by atoms with Gasteiger partial charge in [0.25, 0.3) is 11.8 Å². The highest BCUT2D eigenvalue weighted by atomic mass is 16.5. The normalized spacial score (nSPS) is 12.9. The van der Waals surface area contributed by atoms with Crippen LogP contribution in [0.2, 0.25) is 0 Å². The molecule has 0 radical (unpaired) electrons. The molecule has 0 spiro atoms. The maximum atomic E-state index is 12.0. The van der Waals surface area contributed by atoms with Gasteiger partial charge in [-0.2, -0.15) is 0 Å². The highest BCUT2D eigenvalue weighted by Crippen LogP contribution is 2.30. The number of aromatic nitrogens is 1. The minimum atomic E-state index is -0.240. The molecule has 2 heterocycles. The number of rotatable bonds is 2. The van der Waals surface area contributed by atoms with E-state index < -0.39 is 0 Å². The highest BCUT2D eigenvalue weighted by Gasteiger charge is 2.16. The van der Waals surface area contributed by atoms with E-state index in [4.69, 9.17) is 4.74 Å². The van der Waals surface area contributed by atoms with Crippen molar-refractivity contribution in [1.82, 2.24) is 4.98 Å². The van der Waals surface area contributed by atoms with Gasteiger partial charge in [0.05, 0.1) is 5.69 Å². The second-order valence-corrected chi connectivity index (χ2v) is 4.24. The zero-order chi connectivity index (χ0) is 13.9. The van der Waals surface area contributed by atoms with Gasteiger partial charge < -0.3 is 15.4 Å². The number of nitrogens with one attached hydrogen (secondary N) is 2. The lowest BCUT2D eigenvalue weighted by atomic mass is 10.2. The number of pyridine rings is 1. The molecule has 0 atom stereocenters. The summed E-state index contributed by atoms with van der Waals surface area (Å²) in [7, 11) is 0. The van der Waals surface area contributed by atoms with Crippen molar-refractivity contribution < 1.29 is 14.3 Å². The molecule has 0 unspecified atom stereocenters. The predicted molar refractivity (Wildman–Crippen MR) is 72.8 cm³/mol. The minimum Gasteiger partial charge on any atom is -0.482 e. The molecule has 1 aromatic heterocycles. The van der Waals surface area contributed by atoms with Crippen molar-refractivity contribution in [1.29, 1.82) is 0 Å². The lowest BCUT2D eigenvalue weighted by Gasteiger charge is -2.18. The fraction of sp³-hybridized carbons (Fsp3) is 0.0714. The van der Waals surface area contributed by atoms with Crippen LogP contribution in [0.4, 0.5) is 11.4 Å². The third-order valence-corrected chi connectivity index (χ3v) is 2.81. The molecule has 1 aliphatic rings. The molecule has 0 aliphatic carbocycles. The molecule has 100 valence electrons. The van der Waals surface area contributed by atoms with Crippen LogP contribution in [-0.4, -0.2) is 23.4 Å². The van der Waals surface area contributed by atoms with Crippen molar-refractivity contribution in [2.75, 3.05) is 17.2 Å². The van der Waals surface area contributed by atoms with Crippen LogP contribution in [0.1, 0.15) is 10.4 Å². The Bertz CT molecular complexity index is 671. The number of nitrogens with zero attached hydrogens (tertiary/aromatic N) is 1. The molecule has 1 aromatic carbocycles. The van der Waals surface area contributed by atoms with Gasteiger partial charge in [0.2, 0.25) is 0 Å². The van der Waals surface area contributed by atoms with Crippen molar-refractivity contribution in [2.24, 2.45) is 0 Å². The van der Waals surface area contributed by atoms with Crippen LogP contribution in [0.3, 0.4) is 0 Å². The Balaban J connectivity index is 1.80. The van der Waals surface area contributed by atoms with E-state index >= 15 is 0 Å². The molecule has 0 saturated carbocycles. The summed E-state index contributed by atoms with van der Waals surface area (Å²) in [5.74, 6) is 0.136. The molecule has 6 nitrogen and oxygen atoms in total. The zero-order valence-corrected chi connectivity index (χ0v) is 10.4. The van der Waals surface area contributed by atoms with Crippen molar-refractivity contribution in [3.8, 4) is 5.75 Å². The Morgan fingerprint density at radius 3 is 2.85 bits per heavy atom. The summed E-state index contributed by atoms with van der Waals surface area (Å²) >= 11 is 0. The van der Waals surface area contributed by atoms with E-state index in [1.165, 1.54) is 0 Å². The summed E-state index contributed by atoms with van der Waals surface area (Å²) in [4.78, 5) is 27.1. The van der Waals surface area contributed by atoms with Gasteiger partial charge in [0.1, 0.15) is 5.75 Å². The van der Waals surface area contributed by atoms with Crippen LogP contribution < -0.4 is 15.4 Å². The number of amides is 2. The highest BCUT2D eigenvalue weighted by molar-refractivity contribution is 6.05. The molecule has 2 amide bonds. The largest absolute Gasteiger partial charge is 0.482 e. The minimum absolute atomic E-state index is 0.00964. The van der Waals surface area contributed by atoms with Crippen molar-refractivity contribution in [3.63, 3.8) is 0 Å². The zero-order valence-electron chi connectivity index (χ0n) is 10.4. The summed E-state index contributed by atoms with van der Waals surface area (Å²) in [6.07, 6.45) is 3.10. The summed E-state index contributed by atoms with van der Waals surface area (Å²) in [6.45, 7) is 0.00964. The number of carbonyl (C=O) groups is 2. The topological polar surface area (TPSA) is 80.3 Å². The first kappa shape index (κ1) is 12.2. The Hall–Kier alpha value is -2.89. The molecule has 6 heteroatoms. The molecule has 1 aliphatic heterocycles. The molecule has 2 aromatic rings. The number of anilines is 2. The standard InChI is InChI=1S/C14H11N3O3/c18-13-8-20-12-2-1-10(7-11(12)17-13)16-14(19)9-3-5-15-6-4-9/h1-7H,8H2,(H,16,19)(H,17,18). The second kappa shape index (κ2) is 5.00. The van der Waals surface area contributed by atoms with Gasteiger partial charge >= 0.3 is 0 Å². The molecule has 0 fully saturated rings. The number of ether oxygens (including phenoxy) is 1. The Morgan fingerprint density at radius 2 is 2.05 bits per heavy atom. The molecule has 2 N–H and O–H groups in total. The van der Waals surface area contributed by atoms with Crippen molar-refractivity contribution in [3.05, 3.63) is 48.3 Å². The summed E-state index contributed by atoms with van der Waals surface area (Å²) in [5.41, 5.74) is 1.64. The van der Waals surface area contributed by atoms with Gasteiger partial charge in [-0.15, -0.1) is 0 Å². The lowest BCUT2D eigenvalue weighted by Crippen LogP contribution is -2.25. The Morgan fingerprint density at radius 1 is 1.25 bits per heavy atom. The number of benzene rings is 1. The SMILES string of the molecule is O=C1COc2ccc(NC(=O)c3ccncc3)cc2N1. The smallest absolute Gasteiger partial charge is 0.262 e. The van der Waals surface area contributed by atoms with Gasteiger partial charge in [0.15, 0.2) is 6.61 Å². The van der Waals surface area contributed by atoms with E-state index in [-0.39, 0.29) is 18.4 Å². The average molecular weight is 269 g/mol. The summed E-state index contributed by atoms with van der Waals surface area (Å²) < 4.78 is 5.25. The third-order valence-electron chi connectivity index (χ3n) is 2.81. The first-order chi connectivity index (χ1) is 9.72. The lowest BCUT2D eigenvalue weighted by molar-refractivity contribution is -0.118. The van der Waals surface area contributed by atoms with E-state index in [0.717, 1.165) is 0 Å². The van der Waals surface area contributed by atoms with E-state index in [1.807, 2.05) is 0 Å². The first-order valence-electron chi connectivity index (χ1n) is 6.00. The number of fused-ring (bicyclic) bond motifs is 1. The molecule has 3 rings (SSSR count). The van der Waals surface area contributed by atoms with Crippen molar-refractivity contribution in [2.45, 2.75) is 0 Å². The van der Waals surface area contributed by atoms with Crippen molar-refractivity contribution >= 4 is 23.2 Å². The summed E-state index contributed by atoms with van der Waals surface area (Å²) in [6, 6.07) is 8.33. The average Bonchev–Trinajstić information content (AvgIpc) is 2.47. The summed E-state index contributed by atoms with van der Waals surface area (Å²) in [5, 5.41) is 5.44. The van der Waals surface area contributed by atoms with E-state index in [0.29, 0.717) is 22.7 Å². The molecule has 20 heavy (non-hydrogen) atoms. The van der Waals surface area contributed by atoms with Crippen LogP contribution in [0.5, 0.6) is 5.75 Å². The fourth-order valence-corrected chi connectivity index (χ4v) is 1.87.